The van der Waals surface area contributed by atoms with E-state index in [1.54, 1.807) is 18.2 Å². The van der Waals surface area contributed by atoms with Crippen molar-refractivity contribution < 1.29 is 24.6 Å². The first kappa shape index (κ1) is 24.2. The lowest BCUT2D eigenvalue weighted by atomic mass is 10.1. The van der Waals surface area contributed by atoms with Crippen LogP contribution in [-0.2, 0) is 11.3 Å². The normalized spacial score (nSPS) is 11.6. The summed E-state index contributed by atoms with van der Waals surface area (Å²) in [6.45, 7) is 9.30. The molecular formula is C22H32N2O5. The van der Waals surface area contributed by atoms with E-state index in [0.29, 0.717) is 12.4 Å². The van der Waals surface area contributed by atoms with E-state index in [0.717, 1.165) is 18.4 Å². The number of carboxylic acid groups (broad SMARTS) is 1. The van der Waals surface area contributed by atoms with E-state index in [4.69, 9.17) is 9.84 Å². The summed E-state index contributed by atoms with van der Waals surface area (Å²) in [5.74, 6) is -0.647. The van der Waals surface area contributed by atoms with Crippen molar-refractivity contribution in [2.75, 3.05) is 6.61 Å². The molecule has 0 aliphatic heterocycles. The minimum Gasteiger partial charge on any atom is -0.490 e. The van der Waals surface area contributed by atoms with Crippen LogP contribution in [0.5, 0.6) is 5.75 Å². The monoisotopic (exact) mass is 404 g/mol. The summed E-state index contributed by atoms with van der Waals surface area (Å²) in [6, 6.07) is 6.33. The van der Waals surface area contributed by atoms with E-state index in [9.17, 15) is 14.8 Å². The average molecular weight is 405 g/mol. The minimum atomic E-state index is -1.73. The molecule has 0 spiro atoms. The molecule has 1 aromatic rings. The van der Waals surface area contributed by atoms with Gasteiger partial charge in [-0.2, -0.15) is 5.06 Å². The summed E-state index contributed by atoms with van der Waals surface area (Å²) < 4.78 is 5.74. The lowest BCUT2D eigenvalue weighted by Gasteiger charge is -2.28. The number of nitrogens with one attached hydrogen (secondary N) is 1. The molecule has 0 saturated heterocycles. The second-order valence-electron chi connectivity index (χ2n) is 7.66. The molecule has 0 unspecified atom stereocenters. The van der Waals surface area contributed by atoms with E-state index >= 15 is 0 Å². The van der Waals surface area contributed by atoms with Gasteiger partial charge in [0.05, 0.1) is 0 Å². The van der Waals surface area contributed by atoms with E-state index in [2.05, 4.69) is 32.2 Å². The number of nitrogens with zero attached hydrogens (tertiary/aromatic N) is 1. The number of carbonyl (C=O) groups excluding carboxylic acids is 1. The van der Waals surface area contributed by atoms with Gasteiger partial charge in [-0.1, -0.05) is 29.4 Å². The lowest BCUT2D eigenvalue weighted by Crippen LogP contribution is -2.54. The van der Waals surface area contributed by atoms with E-state index in [1.807, 2.05) is 12.1 Å². The number of carbonyl (C=O) groups is 2. The second-order valence-corrected chi connectivity index (χ2v) is 7.66. The van der Waals surface area contributed by atoms with Crippen LogP contribution in [0.25, 0.3) is 0 Å². The first-order chi connectivity index (χ1) is 13.5. The highest BCUT2D eigenvalue weighted by molar-refractivity contribution is 5.84. The van der Waals surface area contributed by atoms with Crippen LogP contribution in [0.1, 0.15) is 53.0 Å². The van der Waals surface area contributed by atoms with Crippen LogP contribution in [0.3, 0.4) is 0 Å². The number of urea groups is 1. The summed E-state index contributed by atoms with van der Waals surface area (Å²) >= 11 is 0. The maximum atomic E-state index is 12.0. The van der Waals surface area contributed by atoms with Gasteiger partial charge < -0.3 is 15.2 Å². The standard InChI is InChI=1S/C22H32N2O5/c1-16(2)8-6-9-17(3)12-13-29-19-11-7-10-18(14-19)15-23-21(27)24(28)22(4,5)20(25)26/h7-8,10-12,14,28H,6,9,13,15H2,1-5H3,(H,23,27)(H,25,26). The van der Waals surface area contributed by atoms with Gasteiger partial charge in [0.2, 0.25) is 0 Å². The SMILES string of the molecule is CC(C)=CCCC(C)=CCOc1cccc(CNC(=O)N(O)C(C)(C)C(=O)O)c1. The predicted octanol–water partition coefficient (Wildman–Crippen LogP) is 4.52. The van der Waals surface area contributed by atoms with Gasteiger partial charge in [-0.15, -0.1) is 0 Å². The van der Waals surface area contributed by atoms with E-state index < -0.39 is 17.5 Å². The van der Waals surface area contributed by atoms with Crippen molar-refractivity contribution in [2.24, 2.45) is 0 Å². The lowest BCUT2D eigenvalue weighted by molar-refractivity contribution is -0.170. The van der Waals surface area contributed by atoms with E-state index in [-0.39, 0.29) is 11.6 Å². The number of hydrogen-bond donors (Lipinski definition) is 3. The molecule has 1 rings (SSSR count). The quantitative estimate of drug-likeness (QED) is 0.302. The predicted molar refractivity (Wildman–Crippen MR) is 112 cm³/mol. The summed E-state index contributed by atoms with van der Waals surface area (Å²) in [6.07, 6.45) is 6.26. The fraction of sp³-hybridized carbons (Fsp3) is 0.455. The number of rotatable bonds is 10. The van der Waals surface area contributed by atoms with Gasteiger partial charge in [0.25, 0.3) is 0 Å². The second kappa shape index (κ2) is 11.3. The van der Waals surface area contributed by atoms with Crippen LogP contribution in [0.15, 0.2) is 47.6 Å². The number of ether oxygens (including phenoxy) is 1. The number of carboxylic acids is 1. The number of hydrogen-bond acceptors (Lipinski definition) is 4. The van der Waals surface area contributed by atoms with Crippen molar-refractivity contribution in [3.05, 3.63) is 53.1 Å². The molecule has 0 fully saturated rings. The minimum absolute atomic E-state index is 0.125. The van der Waals surface area contributed by atoms with Crippen molar-refractivity contribution >= 4 is 12.0 Å². The van der Waals surface area contributed by atoms with Crippen molar-refractivity contribution in [3.8, 4) is 5.75 Å². The van der Waals surface area contributed by atoms with E-state index in [1.165, 1.54) is 25.0 Å². The van der Waals surface area contributed by atoms with Crippen LogP contribution < -0.4 is 10.1 Å². The maximum absolute atomic E-state index is 12.0. The molecule has 29 heavy (non-hydrogen) atoms. The Hall–Kier alpha value is -2.80. The van der Waals surface area contributed by atoms with Gasteiger partial charge in [0, 0.05) is 6.54 Å². The molecule has 160 valence electrons. The molecule has 7 heteroatoms. The van der Waals surface area contributed by atoms with Crippen LogP contribution in [0, 0.1) is 0 Å². The van der Waals surface area contributed by atoms with Crippen LogP contribution >= 0.6 is 0 Å². The third-order valence-corrected chi connectivity index (χ3v) is 4.36. The molecule has 0 aliphatic carbocycles. The highest BCUT2D eigenvalue weighted by Gasteiger charge is 2.37. The molecule has 0 atom stereocenters. The van der Waals surface area contributed by atoms with Crippen molar-refractivity contribution in [1.29, 1.82) is 0 Å². The zero-order valence-corrected chi connectivity index (χ0v) is 17.9. The third kappa shape index (κ3) is 8.39. The molecule has 0 radical (unpaired) electrons. The highest BCUT2D eigenvalue weighted by atomic mass is 16.5. The molecule has 0 heterocycles. The van der Waals surface area contributed by atoms with Gasteiger partial charge in [-0.3, -0.25) is 5.21 Å². The highest BCUT2D eigenvalue weighted by Crippen LogP contribution is 2.15. The Bertz CT molecular complexity index is 764. The fourth-order valence-corrected chi connectivity index (χ4v) is 2.31. The van der Waals surface area contributed by atoms with Crippen molar-refractivity contribution in [3.63, 3.8) is 0 Å². The Kier molecular flexibility index (Phi) is 9.41. The Morgan fingerprint density at radius 3 is 2.52 bits per heavy atom. The molecule has 0 bridgehead atoms. The Balaban J connectivity index is 2.55. The smallest absolute Gasteiger partial charge is 0.342 e. The van der Waals surface area contributed by atoms with Crippen molar-refractivity contribution in [2.45, 2.75) is 59.5 Å². The van der Waals surface area contributed by atoms with Gasteiger partial charge in [-0.25, -0.2) is 9.59 Å². The molecule has 0 saturated carbocycles. The summed E-state index contributed by atoms with van der Waals surface area (Å²) in [4.78, 5) is 23.1. The number of benzene rings is 1. The molecule has 1 aromatic carbocycles. The zero-order valence-electron chi connectivity index (χ0n) is 17.9. The number of aliphatic carboxylic acids is 1. The van der Waals surface area contributed by atoms with Gasteiger partial charge >= 0.3 is 12.0 Å². The van der Waals surface area contributed by atoms with Crippen LogP contribution in [-0.4, -0.2) is 39.5 Å². The van der Waals surface area contributed by atoms with Crippen molar-refractivity contribution in [1.82, 2.24) is 10.4 Å². The molecule has 3 N–H and O–H groups in total. The number of amides is 2. The Morgan fingerprint density at radius 1 is 1.21 bits per heavy atom. The van der Waals surface area contributed by atoms with Crippen LogP contribution in [0.4, 0.5) is 4.79 Å². The molecule has 7 nitrogen and oxygen atoms in total. The molecule has 0 aromatic heterocycles. The van der Waals surface area contributed by atoms with Crippen LogP contribution in [0.2, 0.25) is 0 Å². The number of hydroxylamine groups is 2. The maximum Gasteiger partial charge on any atom is 0.342 e. The number of allylic oxidation sites excluding steroid dienone is 3. The molecule has 2 amide bonds. The topological polar surface area (TPSA) is 99.1 Å². The summed E-state index contributed by atoms with van der Waals surface area (Å²) in [5, 5.41) is 21.6. The Labute approximate surface area is 172 Å². The summed E-state index contributed by atoms with van der Waals surface area (Å²) in [7, 11) is 0. The van der Waals surface area contributed by atoms with Gasteiger partial charge in [0.1, 0.15) is 12.4 Å². The fourth-order valence-electron chi connectivity index (χ4n) is 2.31. The molecular weight excluding hydrogens is 372 g/mol. The van der Waals surface area contributed by atoms with Gasteiger partial charge in [-0.05, 0) is 71.2 Å². The first-order valence-electron chi connectivity index (χ1n) is 9.55. The zero-order chi connectivity index (χ0) is 22.0. The average Bonchev–Trinajstić information content (AvgIpc) is 2.65. The summed E-state index contributed by atoms with van der Waals surface area (Å²) in [5.41, 5.74) is 1.61. The third-order valence-electron chi connectivity index (χ3n) is 4.36. The first-order valence-corrected chi connectivity index (χ1v) is 9.55. The molecule has 0 aliphatic rings. The Morgan fingerprint density at radius 2 is 1.90 bits per heavy atom. The largest absolute Gasteiger partial charge is 0.490 e. The van der Waals surface area contributed by atoms with Gasteiger partial charge in [0.15, 0.2) is 5.54 Å².